The van der Waals surface area contributed by atoms with Gasteiger partial charge in [0.25, 0.3) is 0 Å². The third-order valence-electron chi connectivity index (χ3n) is 4.03. The summed E-state index contributed by atoms with van der Waals surface area (Å²) in [7, 11) is 0. The van der Waals surface area contributed by atoms with Crippen molar-refractivity contribution >= 4 is 22.0 Å². The average molecular weight is 298 g/mol. The zero-order valence-electron chi connectivity index (χ0n) is 12.0. The third kappa shape index (κ3) is 3.30. The molecule has 1 aromatic rings. The second-order valence-corrected chi connectivity index (χ2v) is 6.53. The fourth-order valence-corrected chi connectivity index (χ4v) is 3.84. The third-order valence-corrected chi connectivity index (χ3v) is 5.39. The fraction of sp³-hybridized carbons (Fsp3) is 0.714. The molecule has 1 aliphatic rings. The SMILES string of the molecule is CCC1CCCN(c2sc([C@H](C)O)cc2[N+](=O)[O-])CC1. The molecule has 0 saturated carbocycles. The summed E-state index contributed by atoms with van der Waals surface area (Å²) >= 11 is 1.35. The number of thiophene rings is 1. The van der Waals surface area contributed by atoms with E-state index in [1.165, 1.54) is 30.2 Å². The minimum Gasteiger partial charge on any atom is -0.388 e. The van der Waals surface area contributed by atoms with Crippen LogP contribution in [0.4, 0.5) is 10.7 Å². The zero-order chi connectivity index (χ0) is 14.7. The zero-order valence-corrected chi connectivity index (χ0v) is 12.9. The van der Waals surface area contributed by atoms with Gasteiger partial charge in [0, 0.05) is 24.0 Å². The molecule has 20 heavy (non-hydrogen) atoms. The molecule has 112 valence electrons. The van der Waals surface area contributed by atoms with E-state index >= 15 is 0 Å². The highest BCUT2D eigenvalue weighted by Crippen LogP contribution is 2.41. The number of rotatable bonds is 4. The molecule has 1 saturated heterocycles. The summed E-state index contributed by atoms with van der Waals surface area (Å²) < 4.78 is 0. The van der Waals surface area contributed by atoms with E-state index < -0.39 is 6.10 Å². The molecule has 0 bridgehead atoms. The second kappa shape index (κ2) is 6.54. The highest BCUT2D eigenvalue weighted by Gasteiger charge is 2.27. The average Bonchev–Trinajstić information content (AvgIpc) is 2.72. The summed E-state index contributed by atoms with van der Waals surface area (Å²) in [5.74, 6) is 0.732. The predicted molar refractivity (Wildman–Crippen MR) is 81.5 cm³/mol. The summed E-state index contributed by atoms with van der Waals surface area (Å²) in [4.78, 5) is 13.7. The summed E-state index contributed by atoms with van der Waals surface area (Å²) in [5, 5.41) is 21.6. The van der Waals surface area contributed by atoms with Crippen molar-refractivity contribution in [3.63, 3.8) is 0 Å². The molecule has 0 spiro atoms. The van der Waals surface area contributed by atoms with Gasteiger partial charge in [-0.15, -0.1) is 11.3 Å². The van der Waals surface area contributed by atoms with Crippen molar-refractivity contribution in [2.75, 3.05) is 18.0 Å². The van der Waals surface area contributed by atoms with Gasteiger partial charge in [-0.2, -0.15) is 0 Å². The van der Waals surface area contributed by atoms with Gasteiger partial charge in [0.15, 0.2) is 5.00 Å². The maximum absolute atomic E-state index is 11.2. The minimum absolute atomic E-state index is 0.140. The van der Waals surface area contributed by atoms with E-state index in [-0.39, 0.29) is 10.6 Å². The Morgan fingerprint density at radius 1 is 1.55 bits per heavy atom. The smallest absolute Gasteiger partial charge is 0.304 e. The molecule has 2 heterocycles. The predicted octanol–water partition coefficient (Wildman–Crippen LogP) is 3.73. The lowest BCUT2D eigenvalue weighted by atomic mass is 9.98. The van der Waals surface area contributed by atoms with Crippen molar-refractivity contribution in [1.82, 2.24) is 0 Å². The van der Waals surface area contributed by atoms with Gasteiger partial charge in [-0.05, 0) is 32.1 Å². The summed E-state index contributed by atoms with van der Waals surface area (Å²) in [5.41, 5.74) is 0.140. The standard InChI is InChI=1S/C14H22N2O3S/c1-3-11-5-4-7-15(8-6-11)14-12(16(18)19)9-13(20-14)10(2)17/h9-11,17H,3-8H2,1-2H3/t10-,11?/m0/s1. The summed E-state index contributed by atoms with van der Waals surface area (Å²) in [6.45, 7) is 5.60. The molecule has 2 rings (SSSR count). The van der Waals surface area contributed by atoms with Crippen LogP contribution in [0.1, 0.15) is 50.5 Å². The van der Waals surface area contributed by atoms with Gasteiger partial charge in [0.1, 0.15) is 0 Å². The van der Waals surface area contributed by atoms with Gasteiger partial charge in [0.05, 0.1) is 11.0 Å². The van der Waals surface area contributed by atoms with Crippen molar-refractivity contribution in [2.45, 2.75) is 45.6 Å². The monoisotopic (exact) mass is 298 g/mol. The van der Waals surface area contributed by atoms with E-state index in [2.05, 4.69) is 11.8 Å². The Morgan fingerprint density at radius 2 is 2.30 bits per heavy atom. The van der Waals surface area contributed by atoms with Crippen LogP contribution in [0.25, 0.3) is 0 Å². The number of aliphatic hydroxyl groups is 1. The lowest BCUT2D eigenvalue weighted by Crippen LogP contribution is -2.23. The van der Waals surface area contributed by atoms with Crippen molar-refractivity contribution in [3.05, 3.63) is 21.1 Å². The molecule has 2 atom stereocenters. The molecule has 0 radical (unpaired) electrons. The quantitative estimate of drug-likeness (QED) is 0.679. The first-order valence-corrected chi connectivity index (χ1v) is 8.05. The van der Waals surface area contributed by atoms with Gasteiger partial charge in [0.2, 0.25) is 0 Å². The Hall–Kier alpha value is -1.14. The van der Waals surface area contributed by atoms with Crippen molar-refractivity contribution < 1.29 is 10.0 Å². The lowest BCUT2D eigenvalue weighted by Gasteiger charge is -2.20. The van der Waals surface area contributed by atoms with E-state index in [0.717, 1.165) is 31.8 Å². The van der Waals surface area contributed by atoms with Crippen LogP contribution in [0, 0.1) is 16.0 Å². The van der Waals surface area contributed by atoms with E-state index in [0.29, 0.717) is 9.88 Å². The van der Waals surface area contributed by atoms with Crippen LogP contribution in [0.3, 0.4) is 0 Å². The minimum atomic E-state index is -0.650. The van der Waals surface area contributed by atoms with Crippen LogP contribution in [0.2, 0.25) is 0 Å². The van der Waals surface area contributed by atoms with Crippen LogP contribution < -0.4 is 4.90 Å². The molecule has 5 nitrogen and oxygen atoms in total. The Kier molecular flexibility index (Phi) is 4.99. The molecular weight excluding hydrogens is 276 g/mol. The van der Waals surface area contributed by atoms with Crippen LogP contribution in [0.15, 0.2) is 6.07 Å². The fourth-order valence-electron chi connectivity index (χ4n) is 2.73. The van der Waals surface area contributed by atoms with E-state index in [9.17, 15) is 15.2 Å². The van der Waals surface area contributed by atoms with Gasteiger partial charge in [-0.3, -0.25) is 10.1 Å². The Labute approximate surface area is 123 Å². The molecule has 0 aliphatic carbocycles. The van der Waals surface area contributed by atoms with Crippen molar-refractivity contribution in [2.24, 2.45) is 5.92 Å². The van der Waals surface area contributed by atoms with Crippen LogP contribution >= 0.6 is 11.3 Å². The Bertz CT molecular complexity index is 473. The highest BCUT2D eigenvalue weighted by atomic mass is 32.1. The van der Waals surface area contributed by atoms with E-state index in [1.807, 2.05) is 0 Å². The van der Waals surface area contributed by atoms with Gasteiger partial charge in [-0.25, -0.2) is 0 Å². The number of anilines is 1. The first-order valence-electron chi connectivity index (χ1n) is 7.24. The summed E-state index contributed by atoms with van der Waals surface area (Å²) in [6.07, 6.45) is 3.91. The Morgan fingerprint density at radius 3 is 2.90 bits per heavy atom. The number of hydrogen-bond acceptors (Lipinski definition) is 5. The number of aliphatic hydroxyl groups excluding tert-OH is 1. The van der Waals surface area contributed by atoms with Gasteiger partial charge in [-0.1, -0.05) is 13.3 Å². The molecular formula is C14H22N2O3S. The maximum atomic E-state index is 11.2. The normalized spacial score (nSPS) is 21.6. The maximum Gasteiger partial charge on any atom is 0.304 e. The lowest BCUT2D eigenvalue weighted by molar-refractivity contribution is -0.383. The number of hydrogen-bond donors (Lipinski definition) is 1. The van der Waals surface area contributed by atoms with Crippen molar-refractivity contribution in [3.8, 4) is 0 Å². The van der Waals surface area contributed by atoms with E-state index in [4.69, 9.17) is 0 Å². The van der Waals surface area contributed by atoms with Crippen LogP contribution in [-0.4, -0.2) is 23.1 Å². The molecule has 1 aliphatic heterocycles. The number of nitro groups is 1. The van der Waals surface area contributed by atoms with Gasteiger partial charge >= 0.3 is 5.69 Å². The van der Waals surface area contributed by atoms with E-state index in [1.54, 1.807) is 6.92 Å². The first kappa shape index (κ1) is 15.3. The largest absolute Gasteiger partial charge is 0.388 e. The van der Waals surface area contributed by atoms with Gasteiger partial charge < -0.3 is 10.0 Å². The topological polar surface area (TPSA) is 66.6 Å². The number of nitrogens with zero attached hydrogens (tertiary/aromatic N) is 2. The molecule has 1 N–H and O–H groups in total. The Balaban J connectivity index is 2.24. The first-order chi connectivity index (χ1) is 9.52. The molecule has 0 aromatic carbocycles. The second-order valence-electron chi connectivity index (χ2n) is 5.46. The summed E-state index contributed by atoms with van der Waals surface area (Å²) in [6, 6.07) is 1.52. The highest BCUT2D eigenvalue weighted by molar-refractivity contribution is 7.16. The van der Waals surface area contributed by atoms with Crippen molar-refractivity contribution in [1.29, 1.82) is 0 Å². The molecule has 0 amide bonds. The van der Waals surface area contributed by atoms with Crippen LogP contribution in [0.5, 0.6) is 0 Å². The molecule has 1 fully saturated rings. The molecule has 6 heteroatoms. The molecule has 1 unspecified atom stereocenters. The van der Waals surface area contributed by atoms with Crippen LogP contribution in [-0.2, 0) is 0 Å². The molecule has 1 aromatic heterocycles.